The molecule has 28 heavy (non-hydrogen) atoms. The zero-order valence-corrected chi connectivity index (χ0v) is 15.8. The van der Waals surface area contributed by atoms with E-state index >= 15 is 0 Å². The van der Waals surface area contributed by atoms with Crippen LogP contribution in [0.25, 0.3) is 20.3 Å². The van der Waals surface area contributed by atoms with Gasteiger partial charge >= 0.3 is 0 Å². The lowest BCUT2D eigenvalue weighted by atomic mass is 9.87. The molecular weight excluding hydrogens is 374 g/mol. The van der Waals surface area contributed by atoms with Gasteiger partial charge in [0.05, 0.1) is 10.2 Å². The molecule has 0 bridgehead atoms. The summed E-state index contributed by atoms with van der Waals surface area (Å²) < 4.78 is 1.98. The number of nitrogens with zero attached hydrogens (tertiary/aromatic N) is 2. The Bertz CT molecular complexity index is 1150. The van der Waals surface area contributed by atoms with Crippen molar-refractivity contribution in [2.24, 2.45) is 5.73 Å². The molecule has 2 heterocycles. The van der Waals surface area contributed by atoms with Gasteiger partial charge in [0, 0.05) is 34.5 Å². The first-order valence-corrected chi connectivity index (χ1v) is 9.71. The van der Waals surface area contributed by atoms with E-state index in [1.165, 1.54) is 6.33 Å². The summed E-state index contributed by atoms with van der Waals surface area (Å²) in [4.78, 5) is 31.6. The lowest BCUT2D eigenvalue weighted by Crippen LogP contribution is -2.29. The minimum absolute atomic E-state index is 0.0972. The van der Waals surface area contributed by atoms with Gasteiger partial charge in [0.25, 0.3) is 0 Å². The molecule has 1 aromatic carbocycles. The number of rotatable bonds is 5. The molecule has 0 spiro atoms. The molecule has 0 radical (unpaired) electrons. The number of hydrogen-bond donors (Lipinski definition) is 3. The molecular formula is C20H19N5O2S. The number of carbonyl (C=O) groups is 2. The minimum Gasteiger partial charge on any atom is -0.382 e. The standard InChI is InChI=1S/C20H19N5O2S/c21-16(26)6-7-23-20(27)13-3-1-2-11(8-13)12-4-5-14-15(9-12)28-18-17(14)24-10-25-19(18)22/h1-5,9-11H,6-8H2,(H2,21,26)(H,23,27)(H2,22,24,25). The van der Waals surface area contributed by atoms with E-state index in [0.29, 0.717) is 17.8 Å². The van der Waals surface area contributed by atoms with Crippen molar-refractivity contribution in [1.29, 1.82) is 0 Å². The number of aromatic nitrogens is 2. The molecule has 7 nitrogen and oxygen atoms in total. The number of nitrogens with two attached hydrogens (primary N) is 2. The Hall–Kier alpha value is -3.26. The van der Waals surface area contributed by atoms with Crippen molar-refractivity contribution in [2.45, 2.75) is 18.8 Å². The molecule has 1 atom stereocenters. The molecule has 4 rings (SSSR count). The van der Waals surface area contributed by atoms with Gasteiger partial charge in [-0.2, -0.15) is 0 Å². The molecule has 0 aliphatic heterocycles. The predicted octanol–water partition coefficient (Wildman–Crippen LogP) is 2.39. The number of primary amides is 1. The highest BCUT2D eigenvalue weighted by Crippen LogP contribution is 2.38. The average Bonchev–Trinajstić information content (AvgIpc) is 3.07. The number of amides is 2. The number of thiophene rings is 1. The maximum absolute atomic E-state index is 12.3. The highest BCUT2D eigenvalue weighted by Gasteiger charge is 2.19. The van der Waals surface area contributed by atoms with E-state index in [2.05, 4.69) is 39.6 Å². The van der Waals surface area contributed by atoms with Crippen LogP contribution in [0.2, 0.25) is 0 Å². The molecule has 0 saturated carbocycles. The third-order valence-corrected chi connectivity index (χ3v) is 5.93. The van der Waals surface area contributed by atoms with Crippen molar-refractivity contribution in [3.8, 4) is 0 Å². The van der Waals surface area contributed by atoms with Crippen LogP contribution in [0.5, 0.6) is 0 Å². The molecule has 3 aromatic rings. The Morgan fingerprint density at radius 2 is 2.14 bits per heavy atom. The van der Waals surface area contributed by atoms with Gasteiger partial charge in [0.2, 0.25) is 11.8 Å². The van der Waals surface area contributed by atoms with E-state index < -0.39 is 5.91 Å². The fourth-order valence-corrected chi connectivity index (χ4v) is 4.43. The van der Waals surface area contributed by atoms with Crippen molar-refractivity contribution in [3.63, 3.8) is 0 Å². The summed E-state index contributed by atoms with van der Waals surface area (Å²) in [6.07, 6.45) is 8.00. The van der Waals surface area contributed by atoms with Gasteiger partial charge in [0.15, 0.2) is 0 Å². The summed E-state index contributed by atoms with van der Waals surface area (Å²) in [7, 11) is 0. The Labute approximate surface area is 165 Å². The summed E-state index contributed by atoms with van der Waals surface area (Å²) in [6, 6.07) is 6.24. The number of nitrogens with one attached hydrogen (secondary N) is 1. The van der Waals surface area contributed by atoms with Gasteiger partial charge < -0.3 is 16.8 Å². The molecule has 0 saturated heterocycles. The minimum atomic E-state index is -0.433. The van der Waals surface area contributed by atoms with Gasteiger partial charge in [-0.05, 0) is 18.1 Å². The topological polar surface area (TPSA) is 124 Å². The second-order valence-electron chi connectivity index (χ2n) is 6.65. The second kappa shape index (κ2) is 7.40. The normalized spacial score (nSPS) is 16.3. The van der Waals surface area contributed by atoms with Crippen LogP contribution in [-0.4, -0.2) is 28.3 Å². The highest BCUT2D eigenvalue weighted by atomic mass is 32.1. The number of hydrogen-bond acceptors (Lipinski definition) is 6. The fourth-order valence-electron chi connectivity index (χ4n) is 3.33. The van der Waals surface area contributed by atoms with Gasteiger partial charge in [-0.1, -0.05) is 30.4 Å². The Balaban J connectivity index is 1.55. The third kappa shape index (κ3) is 3.46. The van der Waals surface area contributed by atoms with E-state index in [9.17, 15) is 9.59 Å². The molecule has 1 unspecified atom stereocenters. The van der Waals surface area contributed by atoms with E-state index in [4.69, 9.17) is 11.5 Å². The molecule has 0 fully saturated rings. The summed E-state index contributed by atoms with van der Waals surface area (Å²) in [6.45, 7) is 0.246. The van der Waals surface area contributed by atoms with Crippen molar-refractivity contribution < 1.29 is 9.59 Å². The Morgan fingerprint density at radius 3 is 2.96 bits per heavy atom. The first kappa shape index (κ1) is 18.1. The summed E-state index contributed by atoms with van der Waals surface area (Å²) in [5, 5.41) is 3.79. The Morgan fingerprint density at radius 1 is 1.29 bits per heavy atom. The van der Waals surface area contributed by atoms with Gasteiger partial charge in [-0.15, -0.1) is 11.3 Å². The van der Waals surface area contributed by atoms with Crippen molar-refractivity contribution in [3.05, 3.63) is 53.9 Å². The lowest BCUT2D eigenvalue weighted by molar-refractivity contribution is -0.119. The smallest absolute Gasteiger partial charge is 0.247 e. The third-order valence-electron chi connectivity index (χ3n) is 4.76. The van der Waals surface area contributed by atoms with E-state index in [1.54, 1.807) is 11.3 Å². The molecule has 142 valence electrons. The number of nitrogen functional groups attached to an aromatic ring is 1. The maximum atomic E-state index is 12.3. The van der Waals surface area contributed by atoms with Crippen LogP contribution in [0.3, 0.4) is 0 Å². The maximum Gasteiger partial charge on any atom is 0.247 e. The molecule has 1 aliphatic carbocycles. The summed E-state index contributed by atoms with van der Waals surface area (Å²) >= 11 is 1.58. The number of fused-ring (bicyclic) bond motifs is 3. The highest BCUT2D eigenvalue weighted by molar-refractivity contribution is 7.26. The van der Waals surface area contributed by atoms with Crippen LogP contribution in [0.4, 0.5) is 5.82 Å². The van der Waals surface area contributed by atoms with Crippen LogP contribution in [0.15, 0.2) is 48.3 Å². The summed E-state index contributed by atoms with van der Waals surface area (Å²) in [5.41, 5.74) is 13.8. The van der Waals surface area contributed by atoms with Crippen LogP contribution in [0.1, 0.15) is 24.3 Å². The largest absolute Gasteiger partial charge is 0.382 e. The molecule has 1 aliphatic rings. The van der Waals surface area contributed by atoms with Gasteiger partial charge in [-0.25, -0.2) is 9.97 Å². The van der Waals surface area contributed by atoms with E-state index in [-0.39, 0.29) is 24.8 Å². The summed E-state index contributed by atoms with van der Waals surface area (Å²) in [5.74, 6) is -0.0117. The van der Waals surface area contributed by atoms with Gasteiger partial charge in [-0.3, -0.25) is 9.59 Å². The van der Waals surface area contributed by atoms with Crippen LogP contribution in [0, 0.1) is 0 Å². The molecule has 5 N–H and O–H groups in total. The molecule has 8 heteroatoms. The first-order chi connectivity index (χ1) is 13.5. The number of carbonyl (C=O) groups excluding carboxylic acids is 2. The van der Waals surface area contributed by atoms with Crippen LogP contribution < -0.4 is 16.8 Å². The van der Waals surface area contributed by atoms with Gasteiger partial charge in [0.1, 0.15) is 12.1 Å². The van der Waals surface area contributed by atoms with E-state index in [1.807, 2.05) is 12.2 Å². The fraction of sp³-hybridized carbons (Fsp3) is 0.200. The molecule has 2 amide bonds. The number of benzene rings is 1. The zero-order valence-electron chi connectivity index (χ0n) is 15.0. The van der Waals surface area contributed by atoms with Crippen LogP contribution >= 0.6 is 11.3 Å². The number of allylic oxidation sites excluding steroid dienone is 3. The lowest BCUT2D eigenvalue weighted by Gasteiger charge is -2.18. The average molecular weight is 393 g/mol. The van der Waals surface area contributed by atoms with E-state index in [0.717, 1.165) is 25.9 Å². The predicted molar refractivity (Wildman–Crippen MR) is 111 cm³/mol. The number of anilines is 1. The SMILES string of the molecule is NC(=O)CCNC(=O)C1=CC=CC(c2ccc3c(c2)sc2c(N)ncnc23)C1. The molecule has 2 aromatic heterocycles. The quantitative estimate of drug-likeness (QED) is 0.614. The van der Waals surface area contributed by atoms with Crippen molar-refractivity contribution in [1.82, 2.24) is 15.3 Å². The van der Waals surface area contributed by atoms with Crippen molar-refractivity contribution >= 4 is 49.3 Å². The zero-order chi connectivity index (χ0) is 19.7. The Kier molecular flexibility index (Phi) is 4.79. The first-order valence-electron chi connectivity index (χ1n) is 8.89. The van der Waals surface area contributed by atoms with Crippen molar-refractivity contribution in [2.75, 3.05) is 12.3 Å². The second-order valence-corrected chi connectivity index (χ2v) is 7.71. The monoisotopic (exact) mass is 393 g/mol. The van der Waals surface area contributed by atoms with Crippen LogP contribution in [-0.2, 0) is 9.59 Å².